The van der Waals surface area contributed by atoms with Gasteiger partial charge in [0.15, 0.2) is 0 Å². The van der Waals surface area contributed by atoms with Crippen molar-refractivity contribution in [2.45, 2.75) is 35.9 Å². The van der Waals surface area contributed by atoms with Gasteiger partial charge in [-0.25, -0.2) is 9.93 Å². The third-order valence-corrected chi connectivity index (χ3v) is 4.61. The first-order chi connectivity index (χ1) is 9.20. The monoisotopic (exact) mass is 400 g/mol. The summed E-state index contributed by atoms with van der Waals surface area (Å²) in [6, 6.07) is 0.856. The van der Waals surface area contributed by atoms with E-state index in [0.29, 0.717) is 11.5 Å². The van der Waals surface area contributed by atoms with Crippen LogP contribution in [0.1, 0.15) is 6.42 Å². The van der Waals surface area contributed by atoms with Crippen molar-refractivity contribution >= 4 is 59.3 Å². The zero-order chi connectivity index (χ0) is 16.9. The van der Waals surface area contributed by atoms with Crippen molar-refractivity contribution in [3.05, 3.63) is 0 Å². The lowest BCUT2D eigenvalue weighted by atomic mass is 10.5. The second kappa shape index (κ2) is 8.18. The van der Waals surface area contributed by atoms with Crippen molar-refractivity contribution in [3.63, 3.8) is 0 Å². The normalized spacial score (nSPS) is 13.1. The summed E-state index contributed by atoms with van der Waals surface area (Å²) in [4.78, 5) is 11.7. The summed E-state index contributed by atoms with van der Waals surface area (Å²) >= 11 is 16.3. The van der Waals surface area contributed by atoms with Gasteiger partial charge < -0.3 is 4.74 Å². The molecule has 0 aliphatic heterocycles. The van der Waals surface area contributed by atoms with Crippen LogP contribution >= 0.6 is 34.8 Å². The van der Waals surface area contributed by atoms with Crippen molar-refractivity contribution in [2.75, 3.05) is 13.2 Å². The molecule has 0 heterocycles. The number of nitrogens with zero attached hydrogens (tertiary/aromatic N) is 1. The van der Waals surface area contributed by atoms with Crippen LogP contribution < -0.4 is 5.14 Å². The Hall–Kier alpha value is 0.227. The molecule has 0 aromatic rings. The van der Waals surface area contributed by atoms with E-state index >= 15 is 0 Å². The van der Waals surface area contributed by atoms with Gasteiger partial charge in [0.2, 0.25) is 3.79 Å². The Morgan fingerprint density at radius 1 is 1.29 bits per heavy atom. The van der Waals surface area contributed by atoms with Crippen LogP contribution in [0.15, 0.2) is 0 Å². The molecular weight excluding hydrogens is 383 g/mol. The average molecular weight is 402 g/mol. The van der Waals surface area contributed by atoms with Gasteiger partial charge in [0, 0.05) is 8.07 Å². The first-order valence-electron chi connectivity index (χ1n) is 5.93. The van der Waals surface area contributed by atoms with Gasteiger partial charge in [0.05, 0.1) is 6.54 Å². The lowest BCUT2D eigenvalue weighted by Gasteiger charge is -2.22. The fraction of sp³-hybridized carbons (Fsp3) is 0.889. The molecule has 1 amide bonds. The van der Waals surface area contributed by atoms with Gasteiger partial charge in [0.25, 0.3) is 0 Å². The summed E-state index contributed by atoms with van der Waals surface area (Å²) in [5.41, 5.74) is 0. The SMILES string of the molecule is C[Si](C)(C)CCCN(OS(N)(=O)=O)C(=O)OCC(Cl)(Cl)Cl. The molecule has 2 N–H and O–H groups in total. The largest absolute Gasteiger partial charge is 0.443 e. The van der Waals surface area contributed by atoms with E-state index < -0.39 is 34.9 Å². The van der Waals surface area contributed by atoms with Gasteiger partial charge in [-0.2, -0.15) is 13.5 Å². The van der Waals surface area contributed by atoms with Crippen LogP contribution in [0.5, 0.6) is 0 Å². The topological polar surface area (TPSA) is 98.9 Å². The van der Waals surface area contributed by atoms with Crippen molar-refractivity contribution < 1.29 is 22.2 Å². The minimum absolute atomic E-state index is 0.000605. The van der Waals surface area contributed by atoms with Gasteiger partial charge in [-0.05, 0) is 6.42 Å². The summed E-state index contributed by atoms with van der Waals surface area (Å²) in [6.45, 7) is 5.87. The van der Waals surface area contributed by atoms with E-state index in [1.807, 2.05) is 0 Å². The van der Waals surface area contributed by atoms with E-state index in [4.69, 9.17) is 39.9 Å². The molecular formula is C9H19Cl3N2O5SSi. The predicted molar refractivity (Wildman–Crippen MR) is 85.3 cm³/mol. The highest BCUT2D eigenvalue weighted by Gasteiger charge is 2.27. The standard InChI is InChI=1S/C9H19Cl3N2O5SSi/c1-21(2,3)6-4-5-14(19-20(13,16)17)8(15)18-7-9(10,11)12/h4-7H2,1-3H3,(H2,13,16,17). The summed E-state index contributed by atoms with van der Waals surface area (Å²) in [5.74, 6) is 0. The van der Waals surface area contributed by atoms with E-state index in [1.165, 1.54) is 0 Å². The summed E-state index contributed by atoms with van der Waals surface area (Å²) in [7, 11) is -5.69. The Balaban J connectivity index is 4.62. The van der Waals surface area contributed by atoms with Crippen LogP contribution in [-0.2, 0) is 19.3 Å². The molecule has 0 aromatic heterocycles. The van der Waals surface area contributed by atoms with Crippen molar-refractivity contribution in [1.29, 1.82) is 0 Å². The number of carbonyl (C=O) groups excluding carboxylic acids is 1. The number of amides is 1. The smallest absolute Gasteiger partial charge is 0.435 e. The number of alkyl halides is 3. The Morgan fingerprint density at radius 2 is 1.81 bits per heavy atom. The lowest BCUT2D eigenvalue weighted by molar-refractivity contribution is -0.0422. The van der Waals surface area contributed by atoms with Gasteiger partial charge in [-0.15, -0.1) is 4.28 Å². The highest BCUT2D eigenvalue weighted by atomic mass is 35.6. The van der Waals surface area contributed by atoms with Crippen LogP contribution in [0, 0.1) is 0 Å². The molecule has 0 fully saturated rings. The van der Waals surface area contributed by atoms with Crippen LogP contribution in [0.2, 0.25) is 25.7 Å². The van der Waals surface area contributed by atoms with Crippen LogP contribution in [0.3, 0.4) is 0 Å². The summed E-state index contributed by atoms with van der Waals surface area (Å²) < 4.78 is 29.1. The predicted octanol–water partition coefficient (Wildman–Crippen LogP) is 2.66. The molecule has 12 heteroatoms. The van der Waals surface area contributed by atoms with Gasteiger partial charge >= 0.3 is 16.4 Å². The van der Waals surface area contributed by atoms with E-state index in [0.717, 1.165) is 6.04 Å². The summed E-state index contributed by atoms with van der Waals surface area (Å²) in [6.07, 6.45) is -0.556. The van der Waals surface area contributed by atoms with Crippen molar-refractivity contribution in [2.24, 2.45) is 5.14 Å². The van der Waals surface area contributed by atoms with Gasteiger partial charge in [0.1, 0.15) is 6.61 Å². The minimum Gasteiger partial charge on any atom is -0.443 e. The number of nitrogens with two attached hydrogens (primary N) is 1. The average Bonchev–Trinajstić information content (AvgIpc) is 2.20. The maximum atomic E-state index is 11.7. The number of hydrogen-bond donors (Lipinski definition) is 1. The first-order valence-corrected chi connectivity index (χ1v) is 12.2. The second-order valence-electron chi connectivity index (χ2n) is 5.50. The quantitative estimate of drug-likeness (QED) is 0.401. The molecule has 7 nitrogen and oxygen atoms in total. The Kier molecular flexibility index (Phi) is 8.27. The highest BCUT2D eigenvalue weighted by molar-refractivity contribution is 7.84. The minimum atomic E-state index is -4.35. The molecule has 0 saturated heterocycles. The Bertz CT molecular complexity index is 449. The molecule has 21 heavy (non-hydrogen) atoms. The van der Waals surface area contributed by atoms with E-state index in [-0.39, 0.29) is 6.54 Å². The van der Waals surface area contributed by atoms with Crippen molar-refractivity contribution in [1.82, 2.24) is 5.06 Å². The molecule has 0 spiro atoms. The zero-order valence-electron chi connectivity index (χ0n) is 11.9. The Morgan fingerprint density at radius 3 is 2.19 bits per heavy atom. The molecule has 0 aliphatic rings. The highest BCUT2D eigenvalue weighted by Crippen LogP contribution is 2.26. The fourth-order valence-corrected chi connectivity index (χ4v) is 3.02. The first kappa shape index (κ1) is 21.2. The molecule has 0 atom stereocenters. The number of rotatable bonds is 7. The van der Waals surface area contributed by atoms with Crippen LogP contribution in [0.25, 0.3) is 0 Å². The third-order valence-electron chi connectivity index (χ3n) is 2.04. The maximum absolute atomic E-state index is 11.7. The van der Waals surface area contributed by atoms with E-state index in [2.05, 4.69) is 28.7 Å². The van der Waals surface area contributed by atoms with E-state index in [9.17, 15) is 13.2 Å². The van der Waals surface area contributed by atoms with Gasteiger partial charge in [-0.3, -0.25) is 0 Å². The molecule has 0 saturated carbocycles. The molecule has 0 aromatic carbocycles. The molecule has 0 radical (unpaired) electrons. The lowest BCUT2D eigenvalue weighted by Crippen LogP contribution is -2.38. The molecule has 0 aliphatic carbocycles. The molecule has 0 unspecified atom stereocenters. The number of hydroxylamine groups is 2. The number of carbonyl (C=O) groups is 1. The number of halogens is 3. The summed E-state index contributed by atoms with van der Waals surface area (Å²) in [5, 5.41) is 5.25. The van der Waals surface area contributed by atoms with E-state index in [1.54, 1.807) is 0 Å². The van der Waals surface area contributed by atoms with Gasteiger partial charge in [-0.1, -0.05) is 60.5 Å². The van der Waals surface area contributed by atoms with Crippen LogP contribution in [0.4, 0.5) is 4.79 Å². The third kappa shape index (κ3) is 13.6. The molecule has 0 bridgehead atoms. The fourth-order valence-electron chi connectivity index (χ4n) is 1.25. The Labute approximate surface area is 140 Å². The van der Waals surface area contributed by atoms with Crippen LogP contribution in [-0.4, -0.2) is 44.6 Å². The van der Waals surface area contributed by atoms with Crippen molar-refractivity contribution in [3.8, 4) is 0 Å². The molecule has 126 valence electrons. The number of ether oxygens (including phenoxy) is 1. The molecule has 0 rings (SSSR count). The second-order valence-corrected chi connectivity index (χ2v) is 14.8. The zero-order valence-corrected chi connectivity index (χ0v) is 16.0. The maximum Gasteiger partial charge on any atom is 0.435 e. The number of hydrogen-bond acceptors (Lipinski definition) is 5.